The van der Waals surface area contributed by atoms with Gasteiger partial charge in [0.2, 0.25) is 0 Å². The van der Waals surface area contributed by atoms with Gasteiger partial charge in [-0.25, -0.2) is 4.39 Å². The van der Waals surface area contributed by atoms with Gasteiger partial charge in [-0.2, -0.15) is 0 Å². The third kappa shape index (κ3) is 1.46. The zero-order valence-corrected chi connectivity index (χ0v) is 7.27. The Labute approximate surface area is 80.2 Å². The monoisotopic (exact) mass is 193 g/mol. The summed E-state index contributed by atoms with van der Waals surface area (Å²) in [6, 6.07) is 3.05. The van der Waals surface area contributed by atoms with Gasteiger partial charge in [-0.3, -0.25) is 4.98 Å². The van der Waals surface area contributed by atoms with Crippen LogP contribution in [0.15, 0.2) is 36.5 Å². The van der Waals surface area contributed by atoms with Crippen LogP contribution in [0.1, 0.15) is 5.69 Å². The lowest BCUT2D eigenvalue weighted by Crippen LogP contribution is -1.98. The molecule has 0 unspecified atom stereocenters. The number of allylic oxidation sites excluding steroid dienone is 2. The van der Waals surface area contributed by atoms with Gasteiger partial charge in [0, 0.05) is 11.8 Å². The molecule has 2 heterocycles. The molecule has 1 aliphatic rings. The number of aromatic nitrogens is 1. The molecule has 0 aliphatic carbocycles. The van der Waals surface area contributed by atoms with Crippen molar-refractivity contribution in [1.82, 2.24) is 4.98 Å². The van der Waals surface area contributed by atoms with Crippen molar-refractivity contribution in [3.63, 3.8) is 0 Å². The molecule has 0 spiro atoms. The fourth-order valence-electron chi connectivity index (χ4n) is 1.23. The Morgan fingerprint density at radius 3 is 3.07 bits per heavy atom. The third-order valence-electron chi connectivity index (χ3n) is 1.87. The molecule has 1 N–H and O–H groups in total. The Morgan fingerprint density at radius 1 is 1.50 bits per heavy atom. The normalized spacial score (nSPS) is 15.5. The lowest BCUT2D eigenvalue weighted by atomic mass is 10.1. The number of halogens is 1. The van der Waals surface area contributed by atoms with Crippen molar-refractivity contribution >= 4 is 5.57 Å². The zero-order chi connectivity index (χ0) is 9.97. The van der Waals surface area contributed by atoms with Crippen molar-refractivity contribution in [3.05, 3.63) is 42.2 Å². The Hall–Kier alpha value is -1.84. The number of nitrogens with zero attached hydrogens (tertiary/aromatic N) is 1. The molecule has 0 bridgehead atoms. The third-order valence-corrected chi connectivity index (χ3v) is 1.87. The van der Waals surface area contributed by atoms with Crippen molar-refractivity contribution in [2.45, 2.75) is 0 Å². The van der Waals surface area contributed by atoms with Gasteiger partial charge in [-0.05, 0) is 18.2 Å². The highest BCUT2D eigenvalue weighted by Gasteiger charge is 2.15. The van der Waals surface area contributed by atoms with Gasteiger partial charge < -0.3 is 9.84 Å². The molecule has 4 heteroatoms. The van der Waals surface area contributed by atoms with Crippen LogP contribution in [0.25, 0.3) is 5.57 Å². The smallest absolute Gasteiger partial charge is 0.166 e. The van der Waals surface area contributed by atoms with E-state index in [2.05, 4.69) is 4.98 Å². The summed E-state index contributed by atoms with van der Waals surface area (Å²) in [6.07, 6.45) is 4.06. The van der Waals surface area contributed by atoms with Gasteiger partial charge in [0.1, 0.15) is 24.3 Å². The Bertz CT molecular complexity index is 412. The SMILES string of the molecule is Oc1cccnc1C1=CCOC=C1F. The highest BCUT2D eigenvalue weighted by Crippen LogP contribution is 2.30. The van der Waals surface area contributed by atoms with Crippen molar-refractivity contribution in [1.29, 1.82) is 0 Å². The van der Waals surface area contributed by atoms with Gasteiger partial charge in [0.05, 0.1) is 0 Å². The van der Waals surface area contributed by atoms with E-state index in [9.17, 15) is 9.50 Å². The van der Waals surface area contributed by atoms with E-state index < -0.39 is 5.83 Å². The molecule has 0 fully saturated rings. The number of aromatic hydroxyl groups is 1. The van der Waals surface area contributed by atoms with E-state index in [0.717, 1.165) is 6.26 Å². The maximum Gasteiger partial charge on any atom is 0.166 e. The Morgan fingerprint density at radius 2 is 2.36 bits per heavy atom. The summed E-state index contributed by atoms with van der Waals surface area (Å²) in [5.74, 6) is -0.561. The molecule has 0 radical (unpaired) electrons. The van der Waals surface area contributed by atoms with Crippen LogP contribution >= 0.6 is 0 Å². The van der Waals surface area contributed by atoms with Crippen LogP contribution in [0.3, 0.4) is 0 Å². The van der Waals surface area contributed by atoms with Crippen LogP contribution in [0.2, 0.25) is 0 Å². The van der Waals surface area contributed by atoms with E-state index in [-0.39, 0.29) is 17.0 Å². The molecular weight excluding hydrogens is 185 g/mol. The first-order chi connectivity index (χ1) is 6.79. The minimum Gasteiger partial charge on any atom is -0.506 e. The number of hydrogen-bond donors (Lipinski definition) is 1. The van der Waals surface area contributed by atoms with Crippen LogP contribution in [0.4, 0.5) is 4.39 Å². The second kappa shape index (κ2) is 3.49. The summed E-state index contributed by atoms with van der Waals surface area (Å²) in [5, 5.41) is 9.44. The Balaban J connectivity index is 2.45. The van der Waals surface area contributed by atoms with E-state index in [1.54, 1.807) is 6.07 Å². The van der Waals surface area contributed by atoms with Gasteiger partial charge in [-0.1, -0.05) is 0 Å². The average molecular weight is 193 g/mol. The first kappa shape index (κ1) is 8.74. The maximum atomic E-state index is 13.2. The van der Waals surface area contributed by atoms with Crippen molar-refractivity contribution in [2.24, 2.45) is 0 Å². The molecule has 0 amide bonds. The van der Waals surface area contributed by atoms with Crippen LogP contribution in [0.5, 0.6) is 5.75 Å². The van der Waals surface area contributed by atoms with E-state index in [4.69, 9.17) is 4.74 Å². The van der Waals surface area contributed by atoms with E-state index in [1.165, 1.54) is 18.3 Å². The molecular formula is C10H8FNO2. The predicted molar refractivity (Wildman–Crippen MR) is 49.0 cm³/mol. The molecule has 2 rings (SSSR count). The topological polar surface area (TPSA) is 42.4 Å². The molecule has 0 saturated carbocycles. The van der Waals surface area contributed by atoms with Crippen molar-refractivity contribution < 1.29 is 14.2 Å². The first-order valence-corrected chi connectivity index (χ1v) is 4.11. The first-order valence-electron chi connectivity index (χ1n) is 4.11. The molecule has 0 saturated heterocycles. The quantitative estimate of drug-likeness (QED) is 0.741. The summed E-state index contributed by atoms with van der Waals surface area (Å²) in [7, 11) is 0. The standard InChI is InChI=1S/C10H8FNO2/c11-8-6-14-5-3-7(8)10-9(13)2-1-4-12-10/h1-4,6,13H,5H2. The van der Waals surface area contributed by atoms with Gasteiger partial charge in [-0.15, -0.1) is 0 Å². The zero-order valence-electron chi connectivity index (χ0n) is 7.27. The number of pyridine rings is 1. The van der Waals surface area contributed by atoms with E-state index in [1.807, 2.05) is 0 Å². The number of rotatable bonds is 1. The predicted octanol–water partition coefficient (Wildman–Crippen LogP) is 2.01. The van der Waals surface area contributed by atoms with E-state index >= 15 is 0 Å². The van der Waals surface area contributed by atoms with Crippen molar-refractivity contribution in [2.75, 3.05) is 6.61 Å². The minimum absolute atomic E-state index is 0.0378. The van der Waals surface area contributed by atoms with Crippen molar-refractivity contribution in [3.8, 4) is 5.75 Å². The van der Waals surface area contributed by atoms with Gasteiger partial charge >= 0.3 is 0 Å². The van der Waals surface area contributed by atoms with Crippen LogP contribution < -0.4 is 0 Å². The summed E-state index contributed by atoms with van der Waals surface area (Å²) in [5.41, 5.74) is 0.513. The summed E-state index contributed by atoms with van der Waals surface area (Å²) in [6.45, 7) is 0.290. The second-order valence-electron chi connectivity index (χ2n) is 2.79. The molecule has 14 heavy (non-hydrogen) atoms. The van der Waals surface area contributed by atoms with E-state index in [0.29, 0.717) is 6.61 Å². The molecule has 1 aliphatic heterocycles. The lowest BCUT2D eigenvalue weighted by Gasteiger charge is -2.10. The largest absolute Gasteiger partial charge is 0.506 e. The highest BCUT2D eigenvalue weighted by atomic mass is 19.1. The van der Waals surface area contributed by atoms with Crippen LogP contribution in [0, 0.1) is 0 Å². The minimum atomic E-state index is -0.523. The van der Waals surface area contributed by atoms with Gasteiger partial charge in [0.25, 0.3) is 0 Å². The fourth-order valence-corrected chi connectivity index (χ4v) is 1.23. The highest BCUT2D eigenvalue weighted by molar-refractivity contribution is 5.78. The molecule has 0 aromatic carbocycles. The average Bonchev–Trinajstić information content (AvgIpc) is 2.20. The molecule has 1 aromatic rings. The summed E-state index contributed by atoms with van der Waals surface area (Å²) in [4.78, 5) is 3.90. The summed E-state index contributed by atoms with van der Waals surface area (Å²) < 4.78 is 18.0. The molecule has 1 aromatic heterocycles. The lowest BCUT2D eigenvalue weighted by molar-refractivity contribution is 0.275. The summed E-state index contributed by atoms with van der Waals surface area (Å²) >= 11 is 0. The molecule has 0 atom stereocenters. The molecule has 3 nitrogen and oxygen atoms in total. The second-order valence-corrected chi connectivity index (χ2v) is 2.79. The Kier molecular flexibility index (Phi) is 2.18. The maximum absolute atomic E-state index is 13.2. The number of hydrogen-bond acceptors (Lipinski definition) is 3. The van der Waals surface area contributed by atoms with Crippen LogP contribution in [-0.2, 0) is 4.74 Å². The molecule has 72 valence electrons. The van der Waals surface area contributed by atoms with Gasteiger partial charge in [0.15, 0.2) is 5.83 Å². The number of ether oxygens (including phenoxy) is 1. The fraction of sp³-hybridized carbons (Fsp3) is 0.100. The van der Waals surface area contributed by atoms with Crippen LogP contribution in [-0.4, -0.2) is 16.7 Å².